The monoisotopic (exact) mass is 397 g/mol. The zero-order chi connectivity index (χ0) is 21.3. The number of carbonyl (C=O) groups is 1. The lowest BCUT2D eigenvalue weighted by molar-refractivity contribution is 0.0956. The first-order valence-electron chi connectivity index (χ1n) is 9.74. The average Bonchev–Trinajstić information content (AvgIpc) is 2.99. The van der Waals surface area contributed by atoms with Crippen LogP contribution in [0.4, 0.5) is 0 Å². The second kappa shape index (κ2) is 7.91. The maximum atomic E-state index is 13.0. The Hall–Kier alpha value is -3.80. The number of para-hydroxylation sites is 1. The molecule has 0 bridgehead atoms. The van der Waals surface area contributed by atoms with E-state index in [1.165, 1.54) is 5.56 Å². The van der Waals surface area contributed by atoms with Gasteiger partial charge in [0.15, 0.2) is 0 Å². The van der Waals surface area contributed by atoms with Crippen LogP contribution in [0.2, 0.25) is 0 Å². The predicted octanol–water partition coefficient (Wildman–Crippen LogP) is 4.32. The van der Waals surface area contributed by atoms with Crippen LogP contribution < -0.4 is 5.43 Å². The van der Waals surface area contributed by atoms with Crippen molar-refractivity contribution in [2.75, 3.05) is 0 Å². The molecule has 0 aliphatic rings. The number of aryl methyl sites for hydroxylation is 3. The van der Waals surface area contributed by atoms with Crippen LogP contribution in [0, 0.1) is 20.8 Å². The van der Waals surface area contributed by atoms with Crippen LogP contribution in [0.1, 0.15) is 32.9 Å². The Morgan fingerprint density at radius 2 is 1.80 bits per heavy atom. The van der Waals surface area contributed by atoms with Crippen LogP contribution in [0.5, 0.6) is 0 Å². The number of benzene rings is 2. The zero-order valence-electron chi connectivity index (χ0n) is 17.5. The first kappa shape index (κ1) is 19.5. The molecule has 0 aliphatic heterocycles. The van der Waals surface area contributed by atoms with Crippen LogP contribution in [0.25, 0.3) is 22.2 Å². The summed E-state index contributed by atoms with van der Waals surface area (Å²) in [7, 11) is 1.88. The molecule has 0 radical (unpaired) electrons. The van der Waals surface area contributed by atoms with Crippen molar-refractivity contribution in [3.63, 3.8) is 0 Å². The molecule has 6 heteroatoms. The Morgan fingerprint density at radius 3 is 2.50 bits per heavy atom. The van der Waals surface area contributed by atoms with Gasteiger partial charge in [0, 0.05) is 29.3 Å². The molecule has 0 spiro atoms. The van der Waals surface area contributed by atoms with E-state index in [9.17, 15) is 4.79 Å². The fourth-order valence-corrected chi connectivity index (χ4v) is 3.43. The topological polar surface area (TPSA) is 72.2 Å². The lowest BCUT2D eigenvalue weighted by Gasteiger charge is -2.09. The number of pyridine rings is 1. The summed E-state index contributed by atoms with van der Waals surface area (Å²) >= 11 is 0. The molecular formula is C24H23N5O. The summed E-state index contributed by atoms with van der Waals surface area (Å²) in [6.07, 6.45) is 1.64. The number of nitrogens with one attached hydrogen (secondary N) is 1. The van der Waals surface area contributed by atoms with E-state index >= 15 is 0 Å². The highest BCUT2D eigenvalue weighted by molar-refractivity contribution is 6.07. The number of hydrazone groups is 1. The summed E-state index contributed by atoms with van der Waals surface area (Å²) in [5, 5.41) is 9.33. The third kappa shape index (κ3) is 3.72. The van der Waals surface area contributed by atoms with Gasteiger partial charge >= 0.3 is 0 Å². The molecule has 2 aromatic heterocycles. The van der Waals surface area contributed by atoms with E-state index in [2.05, 4.69) is 15.6 Å². The van der Waals surface area contributed by atoms with E-state index < -0.39 is 0 Å². The van der Waals surface area contributed by atoms with Crippen LogP contribution in [0.15, 0.2) is 59.7 Å². The van der Waals surface area contributed by atoms with E-state index in [-0.39, 0.29) is 5.91 Å². The standard InChI is InChI=1S/C24H23N5O/c1-15-9-11-18(12-10-15)23-13-20(19-7-5-6-8-22(19)26-23)24(30)27-25-14-21-16(2)28-29(4)17(21)3/h5-14H,1-4H3,(H,27,30)/b25-14-. The summed E-state index contributed by atoms with van der Waals surface area (Å²) in [5.41, 5.74) is 9.60. The lowest BCUT2D eigenvalue weighted by atomic mass is 10.0. The van der Waals surface area contributed by atoms with Crippen LogP contribution in [-0.4, -0.2) is 26.9 Å². The number of aromatic nitrogens is 3. The molecule has 4 aromatic rings. The summed E-state index contributed by atoms with van der Waals surface area (Å²) in [6.45, 7) is 5.92. The second-order valence-corrected chi connectivity index (χ2v) is 7.35. The number of fused-ring (bicyclic) bond motifs is 1. The van der Waals surface area contributed by atoms with Crippen molar-refractivity contribution >= 4 is 23.0 Å². The lowest BCUT2D eigenvalue weighted by Crippen LogP contribution is -2.18. The van der Waals surface area contributed by atoms with Crippen molar-refractivity contribution in [3.05, 3.63) is 82.7 Å². The van der Waals surface area contributed by atoms with E-state index in [4.69, 9.17) is 4.98 Å². The smallest absolute Gasteiger partial charge is 0.272 e. The molecular weight excluding hydrogens is 374 g/mol. The summed E-state index contributed by atoms with van der Waals surface area (Å²) in [6, 6.07) is 17.5. The third-order valence-electron chi connectivity index (χ3n) is 5.23. The van der Waals surface area contributed by atoms with E-state index in [0.29, 0.717) is 5.56 Å². The fraction of sp³-hybridized carbons (Fsp3) is 0.167. The maximum Gasteiger partial charge on any atom is 0.272 e. The summed E-state index contributed by atoms with van der Waals surface area (Å²) < 4.78 is 1.79. The van der Waals surface area contributed by atoms with Crippen molar-refractivity contribution in [3.8, 4) is 11.3 Å². The van der Waals surface area contributed by atoms with Crippen molar-refractivity contribution in [2.24, 2.45) is 12.1 Å². The molecule has 0 atom stereocenters. The summed E-state index contributed by atoms with van der Waals surface area (Å²) in [5.74, 6) is -0.280. The van der Waals surface area contributed by atoms with Gasteiger partial charge in [-0.25, -0.2) is 10.4 Å². The van der Waals surface area contributed by atoms with Crippen LogP contribution in [-0.2, 0) is 7.05 Å². The highest BCUT2D eigenvalue weighted by Gasteiger charge is 2.14. The molecule has 1 amide bonds. The number of hydrogen-bond acceptors (Lipinski definition) is 4. The normalized spacial score (nSPS) is 11.3. The van der Waals surface area contributed by atoms with Crippen molar-refractivity contribution in [1.82, 2.24) is 20.2 Å². The van der Waals surface area contributed by atoms with E-state index in [0.717, 1.165) is 39.1 Å². The Balaban J connectivity index is 1.69. The molecule has 0 unspecified atom stereocenters. The number of hydrogen-bond donors (Lipinski definition) is 1. The average molecular weight is 397 g/mol. The van der Waals surface area contributed by atoms with Gasteiger partial charge in [-0.15, -0.1) is 0 Å². The fourth-order valence-electron chi connectivity index (χ4n) is 3.43. The third-order valence-corrected chi connectivity index (χ3v) is 5.23. The molecule has 6 nitrogen and oxygen atoms in total. The van der Waals surface area contributed by atoms with Gasteiger partial charge < -0.3 is 0 Å². The molecule has 2 heterocycles. The molecule has 4 rings (SSSR count). The van der Waals surface area contributed by atoms with Gasteiger partial charge in [0.05, 0.1) is 28.7 Å². The van der Waals surface area contributed by atoms with E-state index in [1.54, 1.807) is 10.9 Å². The second-order valence-electron chi connectivity index (χ2n) is 7.35. The molecule has 0 fully saturated rings. The maximum absolute atomic E-state index is 13.0. The summed E-state index contributed by atoms with van der Waals surface area (Å²) in [4.78, 5) is 17.7. The van der Waals surface area contributed by atoms with E-state index in [1.807, 2.05) is 82.4 Å². The number of nitrogens with zero attached hydrogens (tertiary/aromatic N) is 4. The van der Waals surface area contributed by atoms with Crippen molar-refractivity contribution < 1.29 is 4.79 Å². The molecule has 30 heavy (non-hydrogen) atoms. The van der Waals surface area contributed by atoms with Gasteiger partial charge in [0.2, 0.25) is 0 Å². The molecule has 0 saturated carbocycles. The van der Waals surface area contributed by atoms with Gasteiger partial charge in [-0.1, -0.05) is 48.0 Å². The van der Waals surface area contributed by atoms with Crippen molar-refractivity contribution in [2.45, 2.75) is 20.8 Å². The molecule has 1 N–H and O–H groups in total. The van der Waals surface area contributed by atoms with Gasteiger partial charge in [-0.3, -0.25) is 9.48 Å². The Labute approximate surface area is 175 Å². The van der Waals surface area contributed by atoms with Gasteiger partial charge in [-0.05, 0) is 32.9 Å². The zero-order valence-corrected chi connectivity index (χ0v) is 17.5. The minimum Gasteiger partial charge on any atom is -0.272 e. The molecule has 2 aromatic carbocycles. The number of carbonyl (C=O) groups excluding carboxylic acids is 1. The number of amides is 1. The van der Waals surface area contributed by atoms with Gasteiger partial charge in [0.25, 0.3) is 5.91 Å². The van der Waals surface area contributed by atoms with Crippen molar-refractivity contribution in [1.29, 1.82) is 0 Å². The van der Waals surface area contributed by atoms with Crippen LogP contribution >= 0.6 is 0 Å². The predicted molar refractivity (Wildman–Crippen MR) is 120 cm³/mol. The van der Waals surface area contributed by atoms with Crippen LogP contribution in [0.3, 0.4) is 0 Å². The highest BCUT2D eigenvalue weighted by Crippen LogP contribution is 2.25. The largest absolute Gasteiger partial charge is 0.272 e. The van der Waals surface area contributed by atoms with Gasteiger partial charge in [-0.2, -0.15) is 10.2 Å². The minimum absolute atomic E-state index is 0.280. The Bertz CT molecular complexity index is 1270. The first-order valence-corrected chi connectivity index (χ1v) is 9.74. The highest BCUT2D eigenvalue weighted by atomic mass is 16.2. The Kier molecular flexibility index (Phi) is 5.14. The minimum atomic E-state index is -0.280. The Morgan fingerprint density at radius 1 is 1.07 bits per heavy atom. The quantitative estimate of drug-likeness (QED) is 0.412. The molecule has 0 saturated heterocycles. The van der Waals surface area contributed by atoms with Gasteiger partial charge in [0.1, 0.15) is 0 Å². The molecule has 150 valence electrons. The first-order chi connectivity index (χ1) is 14.4. The molecule has 0 aliphatic carbocycles. The number of rotatable bonds is 4. The SMILES string of the molecule is Cc1ccc(-c2cc(C(=O)N/N=C\c3c(C)nn(C)c3C)c3ccccc3n2)cc1.